The van der Waals surface area contributed by atoms with Crippen LogP contribution in [0.1, 0.15) is 31.1 Å². The molecular formula is C17H22BrFN2O4. The van der Waals surface area contributed by atoms with Gasteiger partial charge in [0.25, 0.3) is 0 Å². The molecule has 0 radical (unpaired) electrons. The lowest BCUT2D eigenvalue weighted by Gasteiger charge is -2.36. The summed E-state index contributed by atoms with van der Waals surface area (Å²) in [5.41, 5.74) is -0.0224. The minimum atomic E-state index is -0.731. The number of carbonyl (C=O) groups is 2. The fourth-order valence-corrected chi connectivity index (χ4v) is 3.10. The fraction of sp³-hybridized carbons (Fsp3) is 0.529. The lowest BCUT2D eigenvalue weighted by atomic mass is 10.1. The summed E-state index contributed by atoms with van der Waals surface area (Å²) in [6.45, 7) is 7.52. The highest BCUT2D eigenvalue weighted by atomic mass is 79.9. The molecule has 0 spiro atoms. The Kier molecular flexibility index (Phi) is 5.92. The van der Waals surface area contributed by atoms with Crippen molar-refractivity contribution in [2.45, 2.75) is 26.4 Å². The van der Waals surface area contributed by atoms with Gasteiger partial charge in [-0.3, -0.25) is 0 Å². The zero-order chi connectivity index (χ0) is 18.8. The van der Waals surface area contributed by atoms with E-state index in [1.54, 1.807) is 11.0 Å². The van der Waals surface area contributed by atoms with E-state index in [-0.39, 0.29) is 11.7 Å². The van der Waals surface area contributed by atoms with Gasteiger partial charge >= 0.3 is 12.1 Å². The molecule has 0 saturated carbocycles. The Morgan fingerprint density at radius 3 is 2.24 bits per heavy atom. The zero-order valence-electron chi connectivity index (χ0n) is 14.8. The van der Waals surface area contributed by atoms with Gasteiger partial charge in [-0.05, 0) is 48.8 Å². The summed E-state index contributed by atoms with van der Waals surface area (Å²) in [7, 11) is 1.21. The summed E-state index contributed by atoms with van der Waals surface area (Å²) < 4.78 is 24.5. The van der Waals surface area contributed by atoms with E-state index in [1.807, 2.05) is 25.7 Å². The van der Waals surface area contributed by atoms with Crippen molar-refractivity contribution < 1.29 is 23.5 Å². The Morgan fingerprint density at radius 1 is 1.16 bits per heavy atom. The molecule has 1 aromatic rings. The molecule has 0 atom stereocenters. The molecule has 1 aliphatic rings. The van der Waals surface area contributed by atoms with Gasteiger partial charge in [0.15, 0.2) is 0 Å². The maximum absolute atomic E-state index is 14.3. The normalized spacial score (nSPS) is 15.1. The van der Waals surface area contributed by atoms with Crippen molar-refractivity contribution in [2.24, 2.45) is 0 Å². The lowest BCUT2D eigenvalue weighted by Crippen LogP contribution is -2.50. The highest BCUT2D eigenvalue weighted by molar-refractivity contribution is 9.10. The standard InChI is InChI=1S/C17H22BrFN2O4/c1-17(2,3)25-16(23)21-7-5-20(6-8-21)11-9-12(18)14(13(19)10-11)15(22)24-4/h9-10H,5-8H2,1-4H3. The van der Waals surface area contributed by atoms with Crippen molar-refractivity contribution in [1.29, 1.82) is 0 Å². The van der Waals surface area contributed by atoms with Crippen LogP contribution >= 0.6 is 15.9 Å². The first kappa shape index (κ1) is 19.5. The molecule has 1 saturated heterocycles. The van der Waals surface area contributed by atoms with E-state index in [2.05, 4.69) is 20.7 Å². The van der Waals surface area contributed by atoms with Gasteiger partial charge < -0.3 is 19.3 Å². The van der Waals surface area contributed by atoms with Crippen LogP contribution in [-0.4, -0.2) is 55.9 Å². The van der Waals surface area contributed by atoms with E-state index in [4.69, 9.17) is 4.74 Å². The summed E-state index contributed by atoms with van der Waals surface area (Å²) in [5.74, 6) is -1.38. The number of piperazine rings is 1. The third-order valence-corrected chi connectivity index (χ3v) is 4.34. The monoisotopic (exact) mass is 416 g/mol. The van der Waals surface area contributed by atoms with Crippen LogP contribution in [0.4, 0.5) is 14.9 Å². The van der Waals surface area contributed by atoms with Gasteiger partial charge in [0.2, 0.25) is 0 Å². The molecular weight excluding hydrogens is 395 g/mol. The number of methoxy groups -OCH3 is 1. The molecule has 0 N–H and O–H groups in total. The number of carbonyl (C=O) groups excluding carboxylic acids is 2. The molecule has 0 aromatic heterocycles. The highest BCUT2D eigenvalue weighted by Gasteiger charge is 2.27. The fourth-order valence-electron chi connectivity index (χ4n) is 2.51. The van der Waals surface area contributed by atoms with E-state index >= 15 is 0 Å². The predicted octanol–water partition coefficient (Wildman–Crippen LogP) is 3.43. The third-order valence-electron chi connectivity index (χ3n) is 3.71. The predicted molar refractivity (Wildman–Crippen MR) is 95.5 cm³/mol. The molecule has 2 rings (SSSR count). The van der Waals surface area contributed by atoms with Crippen LogP contribution in [0.3, 0.4) is 0 Å². The van der Waals surface area contributed by atoms with Gasteiger partial charge in [-0.1, -0.05) is 0 Å². The quantitative estimate of drug-likeness (QED) is 0.691. The topological polar surface area (TPSA) is 59.1 Å². The Hall–Kier alpha value is -1.83. The second-order valence-corrected chi connectivity index (χ2v) is 7.58. The van der Waals surface area contributed by atoms with E-state index < -0.39 is 17.4 Å². The van der Waals surface area contributed by atoms with Crippen molar-refractivity contribution in [3.63, 3.8) is 0 Å². The van der Waals surface area contributed by atoms with Crippen molar-refractivity contribution in [3.8, 4) is 0 Å². The highest BCUT2D eigenvalue weighted by Crippen LogP contribution is 2.28. The summed E-state index contributed by atoms with van der Waals surface area (Å²) in [6.07, 6.45) is -0.347. The smallest absolute Gasteiger partial charge is 0.410 e. The number of nitrogens with zero attached hydrogens (tertiary/aromatic N) is 2. The number of anilines is 1. The van der Waals surface area contributed by atoms with Crippen LogP contribution in [-0.2, 0) is 9.47 Å². The van der Waals surface area contributed by atoms with Crippen LogP contribution < -0.4 is 4.90 Å². The van der Waals surface area contributed by atoms with Crippen LogP contribution in [0.15, 0.2) is 16.6 Å². The number of benzene rings is 1. The van der Waals surface area contributed by atoms with Crippen molar-refractivity contribution in [3.05, 3.63) is 28.0 Å². The van der Waals surface area contributed by atoms with Gasteiger partial charge in [-0.15, -0.1) is 0 Å². The number of esters is 1. The summed E-state index contributed by atoms with van der Waals surface area (Å²) in [6, 6.07) is 2.98. The Morgan fingerprint density at radius 2 is 1.76 bits per heavy atom. The average Bonchev–Trinajstić information content (AvgIpc) is 2.52. The van der Waals surface area contributed by atoms with E-state index in [9.17, 15) is 14.0 Å². The Balaban J connectivity index is 2.06. The van der Waals surface area contributed by atoms with Gasteiger partial charge in [-0.2, -0.15) is 0 Å². The van der Waals surface area contributed by atoms with E-state index in [0.29, 0.717) is 36.3 Å². The molecule has 1 fully saturated rings. The molecule has 0 unspecified atom stereocenters. The number of hydrogen-bond acceptors (Lipinski definition) is 5. The molecule has 25 heavy (non-hydrogen) atoms. The first-order chi connectivity index (χ1) is 11.6. The first-order valence-corrected chi connectivity index (χ1v) is 8.72. The van der Waals surface area contributed by atoms with Crippen LogP contribution in [0, 0.1) is 5.82 Å². The van der Waals surface area contributed by atoms with Crippen LogP contribution in [0.5, 0.6) is 0 Å². The average molecular weight is 417 g/mol. The van der Waals surface area contributed by atoms with Gasteiger partial charge in [-0.25, -0.2) is 14.0 Å². The Labute approximate surface area is 155 Å². The Bertz CT molecular complexity index is 644. The molecule has 1 aliphatic heterocycles. The molecule has 6 nitrogen and oxygen atoms in total. The second-order valence-electron chi connectivity index (χ2n) is 6.73. The third kappa shape index (κ3) is 4.84. The zero-order valence-corrected chi connectivity index (χ0v) is 16.4. The number of rotatable bonds is 2. The second kappa shape index (κ2) is 7.59. The molecule has 1 heterocycles. The molecule has 138 valence electrons. The SMILES string of the molecule is COC(=O)c1c(F)cc(N2CCN(C(=O)OC(C)(C)C)CC2)cc1Br. The largest absolute Gasteiger partial charge is 0.465 e. The van der Waals surface area contributed by atoms with E-state index in [1.165, 1.54) is 13.2 Å². The number of hydrogen-bond donors (Lipinski definition) is 0. The molecule has 1 aromatic carbocycles. The van der Waals surface area contributed by atoms with Crippen molar-refractivity contribution in [2.75, 3.05) is 38.2 Å². The van der Waals surface area contributed by atoms with Crippen molar-refractivity contribution >= 4 is 33.7 Å². The lowest BCUT2D eigenvalue weighted by molar-refractivity contribution is 0.0240. The molecule has 0 bridgehead atoms. The van der Waals surface area contributed by atoms with Crippen LogP contribution in [0.2, 0.25) is 0 Å². The van der Waals surface area contributed by atoms with Gasteiger partial charge in [0.05, 0.1) is 7.11 Å². The number of ether oxygens (including phenoxy) is 2. The minimum absolute atomic E-state index is 0.126. The molecule has 1 amide bonds. The summed E-state index contributed by atoms with van der Waals surface area (Å²) >= 11 is 3.22. The summed E-state index contributed by atoms with van der Waals surface area (Å²) in [4.78, 5) is 27.3. The van der Waals surface area contributed by atoms with Crippen LogP contribution in [0.25, 0.3) is 0 Å². The van der Waals surface area contributed by atoms with E-state index in [0.717, 1.165) is 0 Å². The molecule has 8 heteroatoms. The first-order valence-electron chi connectivity index (χ1n) is 7.92. The summed E-state index contributed by atoms with van der Waals surface area (Å²) in [5, 5.41) is 0. The molecule has 0 aliphatic carbocycles. The maximum Gasteiger partial charge on any atom is 0.410 e. The van der Waals surface area contributed by atoms with Gasteiger partial charge in [0, 0.05) is 36.3 Å². The van der Waals surface area contributed by atoms with Gasteiger partial charge in [0.1, 0.15) is 17.0 Å². The minimum Gasteiger partial charge on any atom is -0.465 e. The number of amides is 1. The van der Waals surface area contributed by atoms with Crippen molar-refractivity contribution in [1.82, 2.24) is 4.90 Å². The number of halogens is 2. The maximum atomic E-state index is 14.3.